The van der Waals surface area contributed by atoms with Crippen molar-refractivity contribution in [1.29, 1.82) is 0 Å². The molecular formula is C30H39FO2. The van der Waals surface area contributed by atoms with Crippen molar-refractivity contribution in [1.82, 2.24) is 0 Å². The third-order valence-corrected chi connectivity index (χ3v) is 6.88. The second kappa shape index (κ2) is 13.3. The summed E-state index contributed by atoms with van der Waals surface area (Å²) in [6.45, 7) is 4.28. The first-order chi connectivity index (χ1) is 16.1. The molecule has 178 valence electrons. The summed E-state index contributed by atoms with van der Waals surface area (Å²) in [6, 6.07) is 14.5. The van der Waals surface area contributed by atoms with E-state index in [4.69, 9.17) is 4.74 Å². The molecule has 1 aliphatic rings. The van der Waals surface area contributed by atoms with Crippen LogP contribution in [0.5, 0.6) is 5.75 Å². The fourth-order valence-corrected chi connectivity index (χ4v) is 4.77. The number of hydrogen-bond acceptors (Lipinski definition) is 2. The molecule has 0 atom stereocenters. The molecule has 0 N–H and O–H groups in total. The zero-order chi connectivity index (χ0) is 23.5. The Labute approximate surface area is 199 Å². The summed E-state index contributed by atoms with van der Waals surface area (Å²) in [5, 5.41) is 0. The summed E-state index contributed by atoms with van der Waals surface area (Å²) in [6.07, 6.45) is 15.2. The number of hydrogen-bond donors (Lipinski definition) is 0. The van der Waals surface area contributed by atoms with E-state index in [0.29, 0.717) is 29.2 Å². The van der Waals surface area contributed by atoms with Gasteiger partial charge in [0.2, 0.25) is 0 Å². The molecule has 2 aromatic rings. The van der Waals surface area contributed by atoms with Gasteiger partial charge in [-0.3, -0.25) is 0 Å². The molecule has 0 radical (unpaired) electrons. The van der Waals surface area contributed by atoms with Crippen molar-refractivity contribution in [2.24, 2.45) is 5.92 Å². The van der Waals surface area contributed by atoms with Crippen LogP contribution in [0.1, 0.15) is 112 Å². The summed E-state index contributed by atoms with van der Waals surface area (Å²) in [4.78, 5) is 12.5. The maximum Gasteiger partial charge on any atom is 0.343 e. The van der Waals surface area contributed by atoms with Gasteiger partial charge in [-0.1, -0.05) is 76.6 Å². The molecule has 2 aromatic carbocycles. The van der Waals surface area contributed by atoms with Crippen LogP contribution in [0, 0.1) is 5.92 Å². The molecule has 0 aliphatic heterocycles. The van der Waals surface area contributed by atoms with Crippen LogP contribution in [-0.2, 0) is 0 Å². The maximum atomic E-state index is 14.0. The van der Waals surface area contributed by atoms with Crippen molar-refractivity contribution in [3.63, 3.8) is 0 Å². The van der Waals surface area contributed by atoms with Crippen LogP contribution in [0.3, 0.4) is 0 Å². The number of allylic oxidation sites excluding steroid dienone is 1. The monoisotopic (exact) mass is 450 g/mol. The topological polar surface area (TPSA) is 26.3 Å². The molecule has 0 spiro atoms. The fraction of sp³-hybridized carbons (Fsp3) is 0.500. The van der Waals surface area contributed by atoms with Gasteiger partial charge in [-0.05, 0) is 79.8 Å². The number of halogens is 1. The molecule has 3 rings (SSSR count). The first-order valence-electron chi connectivity index (χ1n) is 12.9. The number of carbonyl (C=O) groups is 1. The van der Waals surface area contributed by atoms with Gasteiger partial charge in [0.1, 0.15) is 11.6 Å². The van der Waals surface area contributed by atoms with Crippen LogP contribution in [0.4, 0.5) is 4.39 Å². The normalized spacial score (nSPS) is 18.8. The van der Waals surface area contributed by atoms with Gasteiger partial charge in [-0.15, -0.1) is 0 Å². The summed E-state index contributed by atoms with van der Waals surface area (Å²) in [5.41, 5.74) is 2.25. The van der Waals surface area contributed by atoms with Gasteiger partial charge >= 0.3 is 5.97 Å². The molecule has 33 heavy (non-hydrogen) atoms. The Kier molecular flexibility index (Phi) is 10.2. The van der Waals surface area contributed by atoms with E-state index >= 15 is 0 Å². The van der Waals surface area contributed by atoms with E-state index in [-0.39, 0.29) is 5.83 Å². The van der Waals surface area contributed by atoms with E-state index < -0.39 is 5.97 Å². The fourth-order valence-electron chi connectivity index (χ4n) is 4.77. The van der Waals surface area contributed by atoms with E-state index in [1.807, 2.05) is 19.1 Å². The van der Waals surface area contributed by atoms with Crippen molar-refractivity contribution >= 4 is 11.8 Å². The second-order valence-corrected chi connectivity index (χ2v) is 9.44. The van der Waals surface area contributed by atoms with E-state index in [1.165, 1.54) is 63.4 Å². The predicted octanol–water partition coefficient (Wildman–Crippen LogP) is 9.26. The molecule has 0 bridgehead atoms. The molecule has 2 nitrogen and oxygen atoms in total. The van der Waals surface area contributed by atoms with Gasteiger partial charge in [0.05, 0.1) is 5.56 Å². The third-order valence-electron chi connectivity index (χ3n) is 6.88. The van der Waals surface area contributed by atoms with Gasteiger partial charge in [0.25, 0.3) is 0 Å². The van der Waals surface area contributed by atoms with Crippen LogP contribution in [0.25, 0.3) is 5.83 Å². The van der Waals surface area contributed by atoms with Crippen molar-refractivity contribution in [3.05, 3.63) is 71.3 Å². The summed E-state index contributed by atoms with van der Waals surface area (Å²) in [7, 11) is 0. The number of rotatable bonds is 11. The lowest BCUT2D eigenvalue weighted by atomic mass is 9.77. The highest BCUT2D eigenvalue weighted by Gasteiger charge is 2.22. The van der Waals surface area contributed by atoms with Gasteiger partial charge in [0.15, 0.2) is 0 Å². The predicted molar refractivity (Wildman–Crippen MR) is 135 cm³/mol. The average Bonchev–Trinajstić information content (AvgIpc) is 2.86. The van der Waals surface area contributed by atoms with Crippen LogP contribution < -0.4 is 4.74 Å². The van der Waals surface area contributed by atoms with Crippen molar-refractivity contribution < 1.29 is 13.9 Å². The van der Waals surface area contributed by atoms with Crippen LogP contribution in [-0.4, -0.2) is 5.97 Å². The zero-order valence-corrected chi connectivity index (χ0v) is 20.3. The SMILES string of the molecule is CCC/C=C(/F)c1ccc(C(=O)Oc2ccc(C3CCC(CCCCCC)CC3)cc2)cc1. The van der Waals surface area contributed by atoms with Crippen molar-refractivity contribution in [2.45, 2.75) is 90.4 Å². The first-order valence-corrected chi connectivity index (χ1v) is 12.9. The van der Waals surface area contributed by atoms with Crippen molar-refractivity contribution in [3.8, 4) is 5.75 Å². The highest BCUT2D eigenvalue weighted by Crippen LogP contribution is 2.38. The number of carbonyl (C=O) groups excluding carboxylic acids is 1. The number of unbranched alkanes of at least 4 members (excludes halogenated alkanes) is 4. The largest absolute Gasteiger partial charge is 0.423 e. The molecule has 0 heterocycles. The first kappa shape index (κ1) is 25.2. The summed E-state index contributed by atoms with van der Waals surface area (Å²) in [5.74, 6) is 1.39. The average molecular weight is 451 g/mol. The second-order valence-electron chi connectivity index (χ2n) is 9.44. The molecule has 0 unspecified atom stereocenters. The Morgan fingerprint density at radius 1 is 0.879 bits per heavy atom. The molecule has 1 fully saturated rings. The number of ether oxygens (including phenoxy) is 1. The quantitative estimate of drug-likeness (QED) is 0.194. The van der Waals surface area contributed by atoms with E-state index in [1.54, 1.807) is 30.3 Å². The lowest BCUT2D eigenvalue weighted by Gasteiger charge is -2.29. The molecule has 0 saturated heterocycles. The lowest BCUT2D eigenvalue weighted by Crippen LogP contribution is -2.13. The third kappa shape index (κ3) is 7.84. The highest BCUT2D eigenvalue weighted by molar-refractivity contribution is 5.91. The lowest BCUT2D eigenvalue weighted by molar-refractivity contribution is 0.0734. The standard InChI is InChI=1S/C30H39FO2/c1-3-5-7-8-9-23-11-13-24(14-12-23)25-19-21-28(22-20-25)33-30(32)27-17-15-26(16-18-27)29(31)10-6-4-2/h10,15-24H,3-9,11-14H2,1-2H3/b29-10+. The molecule has 1 aliphatic carbocycles. The highest BCUT2D eigenvalue weighted by atomic mass is 19.1. The Hall–Kier alpha value is -2.42. The zero-order valence-electron chi connectivity index (χ0n) is 20.3. The molecule has 1 saturated carbocycles. The summed E-state index contributed by atoms with van der Waals surface area (Å²) >= 11 is 0. The van der Waals surface area contributed by atoms with E-state index in [2.05, 4.69) is 19.1 Å². The minimum absolute atomic E-state index is 0.252. The maximum absolute atomic E-state index is 14.0. The molecular weight excluding hydrogens is 411 g/mol. The van der Waals surface area contributed by atoms with Gasteiger partial charge in [-0.2, -0.15) is 0 Å². The van der Waals surface area contributed by atoms with E-state index in [0.717, 1.165) is 12.3 Å². The minimum atomic E-state index is -0.421. The van der Waals surface area contributed by atoms with Crippen LogP contribution >= 0.6 is 0 Å². The Morgan fingerprint density at radius 3 is 2.18 bits per heavy atom. The minimum Gasteiger partial charge on any atom is -0.423 e. The molecule has 0 aromatic heterocycles. The molecule has 0 amide bonds. The Morgan fingerprint density at radius 2 is 1.55 bits per heavy atom. The molecule has 3 heteroatoms. The van der Waals surface area contributed by atoms with Gasteiger partial charge in [0, 0.05) is 5.56 Å². The van der Waals surface area contributed by atoms with E-state index in [9.17, 15) is 9.18 Å². The Balaban J connectivity index is 1.48. The Bertz CT molecular complexity index is 875. The van der Waals surface area contributed by atoms with Gasteiger partial charge in [-0.25, -0.2) is 9.18 Å². The summed E-state index contributed by atoms with van der Waals surface area (Å²) < 4.78 is 19.6. The smallest absolute Gasteiger partial charge is 0.343 e. The number of benzene rings is 2. The van der Waals surface area contributed by atoms with Crippen LogP contribution in [0.2, 0.25) is 0 Å². The van der Waals surface area contributed by atoms with Crippen LogP contribution in [0.15, 0.2) is 54.6 Å². The number of esters is 1. The van der Waals surface area contributed by atoms with Gasteiger partial charge < -0.3 is 4.74 Å². The van der Waals surface area contributed by atoms with Crippen molar-refractivity contribution in [2.75, 3.05) is 0 Å².